The zero-order valence-electron chi connectivity index (χ0n) is 8.20. The van der Waals surface area contributed by atoms with Gasteiger partial charge in [0.2, 0.25) is 0 Å². The topological polar surface area (TPSA) is 47.0 Å². The second kappa shape index (κ2) is 5.26. The highest BCUT2D eigenvalue weighted by Gasteiger charge is 2.10. The van der Waals surface area contributed by atoms with Gasteiger partial charge in [0, 0.05) is 13.7 Å². The lowest BCUT2D eigenvalue weighted by Gasteiger charge is -2.02. The van der Waals surface area contributed by atoms with Crippen molar-refractivity contribution in [3.05, 3.63) is 10.0 Å². The Balaban J connectivity index is 2.53. The van der Waals surface area contributed by atoms with Gasteiger partial charge in [-0.25, -0.2) is 0 Å². The first-order chi connectivity index (χ1) is 6.27. The van der Waals surface area contributed by atoms with Crippen LogP contribution < -0.4 is 5.32 Å². The largest absolute Gasteiger partial charge is 0.374 e. The molecule has 0 aromatic carbocycles. The van der Waals surface area contributed by atoms with Crippen LogP contribution in [-0.2, 0) is 11.3 Å². The number of ether oxygens (including phenoxy) is 1. The van der Waals surface area contributed by atoms with Crippen LogP contribution in [0.2, 0.25) is 0 Å². The van der Waals surface area contributed by atoms with Gasteiger partial charge in [0.15, 0.2) is 0 Å². The summed E-state index contributed by atoms with van der Waals surface area (Å²) in [4.78, 5) is 0. The normalized spacial score (nSPS) is 13.2. The molecule has 0 fully saturated rings. The summed E-state index contributed by atoms with van der Waals surface area (Å²) in [5.41, 5.74) is 0. The summed E-state index contributed by atoms with van der Waals surface area (Å²) in [6.07, 6.45) is 0.0490. The van der Waals surface area contributed by atoms with Crippen molar-refractivity contribution >= 4 is 11.3 Å². The second-order valence-corrected chi connectivity index (χ2v) is 3.79. The van der Waals surface area contributed by atoms with E-state index in [0.29, 0.717) is 0 Å². The molecule has 0 amide bonds. The van der Waals surface area contributed by atoms with Gasteiger partial charge in [-0.15, -0.1) is 10.2 Å². The molecule has 74 valence electrons. The molecule has 1 rings (SSSR count). The lowest BCUT2D eigenvalue weighted by atomic mass is 10.4. The Morgan fingerprint density at radius 2 is 2.31 bits per heavy atom. The van der Waals surface area contributed by atoms with Crippen molar-refractivity contribution in [2.24, 2.45) is 0 Å². The third kappa shape index (κ3) is 3.02. The highest BCUT2D eigenvalue weighted by molar-refractivity contribution is 7.11. The van der Waals surface area contributed by atoms with E-state index >= 15 is 0 Å². The van der Waals surface area contributed by atoms with E-state index in [2.05, 4.69) is 22.4 Å². The first kappa shape index (κ1) is 10.6. The molecule has 0 aliphatic carbocycles. The number of methoxy groups -OCH3 is 1. The molecule has 1 atom stereocenters. The molecule has 0 radical (unpaired) electrons. The molecule has 0 spiro atoms. The van der Waals surface area contributed by atoms with Crippen molar-refractivity contribution in [1.29, 1.82) is 0 Å². The van der Waals surface area contributed by atoms with Crippen LogP contribution in [0, 0.1) is 0 Å². The molecule has 1 aromatic rings. The number of nitrogens with one attached hydrogen (secondary N) is 1. The maximum Gasteiger partial charge on any atom is 0.146 e. The fourth-order valence-electron chi connectivity index (χ4n) is 0.835. The summed E-state index contributed by atoms with van der Waals surface area (Å²) < 4.78 is 5.14. The summed E-state index contributed by atoms with van der Waals surface area (Å²) in [6.45, 7) is 5.79. The predicted octanol–water partition coefficient (Wildman–Crippen LogP) is 1.35. The molecule has 0 aliphatic rings. The maximum absolute atomic E-state index is 5.14. The van der Waals surface area contributed by atoms with Crippen LogP contribution in [0.4, 0.5) is 0 Å². The lowest BCUT2D eigenvalue weighted by Crippen LogP contribution is -2.11. The lowest BCUT2D eigenvalue weighted by molar-refractivity contribution is 0.118. The van der Waals surface area contributed by atoms with Gasteiger partial charge in [0.1, 0.15) is 16.1 Å². The monoisotopic (exact) mass is 201 g/mol. The number of hydrogen-bond acceptors (Lipinski definition) is 5. The van der Waals surface area contributed by atoms with Gasteiger partial charge in [-0.1, -0.05) is 18.3 Å². The highest BCUT2D eigenvalue weighted by atomic mass is 32.1. The standard InChI is InChI=1S/C8H15N3OS/c1-4-9-5-7-10-11-8(13-7)6(2)12-3/h6,9H,4-5H2,1-3H3. The third-order valence-electron chi connectivity index (χ3n) is 1.71. The Bertz CT molecular complexity index is 251. The van der Waals surface area contributed by atoms with E-state index in [1.807, 2.05) is 6.92 Å². The second-order valence-electron chi connectivity index (χ2n) is 2.69. The van der Waals surface area contributed by atoms with Gasteiger partial charge in [-0.05, 0) is 13.5 Å². The Labute approximate surface area is 82.3 Å². The Morgan fingerprint density at radius 1 is 1.54 bits per heavy atom. The quantitative estimate of drug-likeness (QED) is 0.781. The van der Waals surface area contributed by atoms with E-state index in [-0.39, 0.29) is 6.10 Å². The van der Waals surface area contributed by atoms with Crippen molar-refractivity contribution in [1.82, 2.24) is 15.5 Å². The van der Waals surface area contributed by atoms with Gasteiger partial charge >= 0.3 is 0 Å². The van der Waals surface area contributed by atoms with Crippen LogP contribution in [0.3, 0.4) is 0 Å². The SMILES string of the molecule is CCNCc1nnc(C(C)OC)s1. The molecular weight excluding hydrogens is 186 g/mol. The summed E-state index contributed by atoms with van der Waals surface area (Å²) >= 11 is 1.60. The van der Waals surface area contributed by atoms with Gasteiger partial charge in [-0.2, -0.15) is 0 Å². The third-order valence-corrected chi connectivity index (χ3v) is 2.79. The average Bonchev–Trinajstić information content (AvgIpc) is 2.62. The summed E-state index contributed by atoms with van der Waals surface area (Å²) in [5, 5.41) is 13.2. The molecule has 0 saturated carbocycles. The van der Waals surface area contributed by atoms with E-state index in [0.717, 1.165) is 23.1 Å². The fourth-order valence-corrected chi connectivity index (χ4v) is 1.68. The van der Waals surface area contributed by atoms with Crippen LogP contribution in [0.5, 0.6) is 0 Å². The minimum atomic E-state index is 0.0490. The molecule has 5 heteroatoms. The van der Waals surface area contributed by atoms with Crippen molar-refractivity contribution in [3.8, 4) is 0 Å². The molecule has 1 unspecified atom stereocenters. The van der Waals surface area contributed by atoms with Gasteiger partial charge in [0.05, 0.1) is 0 Å². The molecular formula is C8H15N3OS. The van der Waals surface area contributed by atoms with Crippen LogP contribution in [0.25, 0.3) is 0 Å². The minimum absolute atomic E-state index is 0.0490. The molecule has 1 heterocycles. The molecule has 1 N–H and O–H groups in total. The maximum atomic E-state index is 5.14. The molecule has 4 nitrogen and oxygen atoms in total. The van der Waals surface area contributed by atoms with E-state index in [9.17, 15) is 0 Å². The fraction of sp³-hybridized carbons (Fsp3) is 0.750. The molecule has 0 aliphatic heterocycles. The Morgan fingerprint density at radius 3 is 2.92 bits per heavy atom. The van der Waals surface area contributed by atoms with Crippen molar-refractivity contribution in [2.75, 3.05) is 13.7 Å². The molecule has 0 bridgehead atoms. The number of aromatic nitrogens is 2. The van der Waals surface area contributed by atoms with Crippen LogP contribution in [0.15, 0.2) is 0 Å². The van der Waals surface area contributed by atoms with E-state index in [4.69, 9.17) is 4.74 Å². The summed E-state index contributed by atoms with van der Waals surface area (Å²) in [5.74, 6) is 0. The number of hydrogen-bond donors (Lipinski definition) is 1. The summed E-state index contributed by atoms with van der Waals surface area (Å²) in [6, 6.07) is 0. The predicted molar refractivity (Wildman–Crippen MR) is 52.7 cm³/mol. The zero-order valence-corrected chi connectivity index (χ0v) is 9.02. The van der Waals surface area contributed by atoms with Gasteiger partial charge in [-0.3, -0.25) is 0 Å². The molecule has 13 heavy (non-hydrogen) atoms. The first-order valence-electron chi connectivity index (χ1n) is 4.33. The van der Waals surface area contributed by atoms with E-state index < -0.39 is 0 Å². The minimum Gasteiger partial charge on any atom is -0.374 e. The molecule has 1 aromatic heterocycles. The smallest absolute Gasteiger partial charge is 0.146 e. The zero-order chi connectivity index (χ0) is 9.68. The Hall–Kier alpha value is -0.520. The first-order valence-corrected chi connectivity index (χ1v) is 5.15. The van der Waals surface area contributed by atoms with E-state index in [1.54, 1.807) is 18.4 Å². The van der Waals surface area contributed by atoms with Crippen LogP contribution >= 0.6 is 11.3 Å². The summed E-state index contributed by atoms with van der Waals surface area (Å²) in [7, 11) is 1.68. The highest BCUT2D eigenvalue weighted by Crippen LogP contribution is 2.19. The molecule has 0 saturated heterocycles. The Kier molecular flexibility index (Phi) is 4.27. The van der Waals surface area contributed by atoms with Crippen molar-refractivity contribution in [3.63, 3.8) is 0 Å². The average molecular weight is 201 g/mol. The van der Waals surface area contributed by atoms with Crippen molar-refractivity contribution in [2.45, 2.75) is 26.5 Å². The van der Waals surface area contributed by atoms with E-state index in [1.165, 1.54) is 0 Å². The van der Waals surface area contributed by atoms with Crippen LogP contribution in [-0.4, -0.2) is 23.9 Å². The van der Waals surface area contributed by atoms with Gasteiger partial charge in [0.25, 0.3) is 0 Å². The van der Waals surface area contributed by atoms with Crippen LogP contribution in [0.1, 0.15) is 30.0 Å². The van der Waals surface area contributed by atoms with Gasteiger partial charge < -0.3 is 10.1 Å². The number of nitrogens with zero attached hydrogens (tertiary/aromatic N) is 2. The number of rotatable bonds is 5. The van der Waals surface area contributed by atoms with Crippen molar-refractivity contribution < 1.29 is 4.74 Å².